The van der Waals surface area contributed by atoms with Gasteiger partial charge in [-0.15, -0.1) is 8.78 Å². The number of aromatic hydroxyl groups is 1. The molecule has 1 amide bonds. The molecular weight excluding hydrogens is 486 g/mol. The molecule has 8 nitrogen and oxygen atoms in total. The van der Waals surface area contributed by atoms with Crippen LogP contribution in [0.15, 0.2) is 42.6 Å². The van der Waals surface area contributed by atoms with E-state index in [1.165, 1.54) is 18.2 Å². The number of phenolic OH excluding ortho intramolecular Hbond substituents is 1. The second-order valence-electron chi connectivity index (χ2n) is 10.4. The van der Waals surface area contributed by atoms with Gasteiger partial charge in [-0.25, -0.2) is 0 Å². The largest absolute Gasteiger partial charge is 0.586 e. The van der Waals surface area contributed by atoms with Crippen LogP contribution in [0.4, 0.5) is 8.78 Å². The zero-order chi connectivity index (χ0) is 26.1. The number of aromatic nitrogens is 1. The molecule has 3 aromatic rings. The monoisotopic (exact) mass is 510 g/mol. The highest BCUT2D eigenvalue weighted by Crippen LogP contribution is 2.61. The number of hydrogen-bond donors (Lipinski definition) is 3. The first-order valence-electron chi connectivity index (χ1n) is 12.0. The number of aliphatic carboxylic acids is 1. The van der Waals surface area contributed by atoms with E-state index in [-0.39, 0.29) is 40.4 Å². The van der Waals surface area contributed by atoms with Crippen molar-refractivity contribution in [2.24, 2.45) is 17.3 Å². The summed E-state index contributed by atoms with van der Waals surface area (Å²) in [4.78, 5) is 28.8. The van der Waals surface area contributed by atoms with Crippen LogP contribution in [0.25, 0.3) is 10.9 Å². The van der Waals surface area contributed by atoms with E-state index < -0.39 is 18.3 Å². The zero-order valence-corrected chi connectivity index (χ0v) is 19.8. The number of carboxylic acid groups (broad SMARTS) is 1. The van der Waals surface area contributed by atoms with E-state index in [2.05, 4.69) is 19.8 Å². The van der Waals surface area contributed by atoms with Gasteiger partial charge in [-0.2, -0.15) is 0 Å². The summed E-state index contributed by atoms with van der Waals surface area (Å²) < 4.78 is 36.4. The SMILES string of the molecule is Cc1cc(C(NC(=O)C2CC3(CC(C(=O)O)C3)C2)c2ccc3c(c2)OC(F)(F)O3)c(O)c2ncccc12. The predicted octanol–water partition coefficient (Wildman–Crippen LogP) is 4.67. The fourth-order valence-corrected chi connectivity index (χ4v) is 6.06. The number of rotatable bonds is 5. The van der Waals surface area contributed by atoms with Gasteiger partial charge in [0.25, 0.3) is 0 Å². The van der Waals surface area contributed by atoms with Crippen LogP contribution < -0.4 is 14.8 Å². The van der Waals surface area contributed by atoms with Gasteiger partial charge >= 0.3 is 12.3 Å². The first kappa shape index (κ1) is 23.4. The third-order valence-electron chi connectivity index (χ3n) is 7.90. The predicted molar refractivity (Wildman–Crippen MR) is 126 cm³/mol. The van der Waals surface area contributed by atoms with Gasteiger partial charge in [0.05, 0.1) is 12.0 Å². The Morgan fingerprint density at radius 2 is 1.78 bits per heavy atom. The number of aryl methyl sites for hydroxylation is 1. The average Bonchev–Trinajstić information content (AvgIpc) is 3.11. The fraction of sp³-hybridized carbons (Fsp3) is 0.370. The number of hydrogen-bond acceptors (Lipinski definition) is 6. The van der Waals surface area contributed by atoms with Crippen LogP contribution in [-0.2, 0) is 9.59 Å². The minimum absolute atomic E-state index is 0.101. The number of benzene rings is 2. The molecule has 1 spiro atoms. The van der Waals surface area contributed by atoms with E-state index in [1.807, 2.05) is 13.0 Å². The van der Waals surface area contributed by atoms with E-state index in [0.29, 0.717) is 42.3 Å². The maximum Gasteiger partial charge on any atom is 0.586 e. The molecule has 1 aromatic heterocycles. The van der Waals surface area contributed by atoms with Gasteiger partial charge in [0.1, 0.15) is 11.3 Å². The third-order valence-corrected chi connectivity index (χ3v) is 7.90. The second-order valence-corrected chi connectivity index (χ2v) is 10.4. The summed E-state index contributed by atoms with van der Waals surface area (Å²) >= 11 is 0. The summed E-state index contributed by atoms with van der Waals surface area (Å²) in [6.07, 6.45) is 0.0882. The van der Waals surface area contributed by atoms with Crippen molar-refractivity contribution in [3.63, 3.8) is 0 Å². The van der Waals surface area contributed by atoms with Gasteiger partial charge in [0.2, 0.25) is 5.91 Å². The average molecular weight is 510 g/mol. The Kier molecular flexibility index (Phi) is 5.09. The van der Waals surface area contributed by atoms with Crippen molar-refractivity contribution in [3.05, 3.63) is 59.3 Å². The Labute approximate surface area is 210 Å². The van der Waals surface area contributed by atoms with Gasteiger partial charge in [-0.05, 0) is 73.4 Å². The fourth-order valence-electron chi connectivity index (χ4n) is 6.06. The van der Waals surface area contributed by atoms with Crippen molar-refractivity contribution in [1.82, 2.24) is 10.3 Å². The molecule has 10 heteroatoms. The highest BCUT2D eigenvalue weighted by Gasteiger charge is 2.56. The van der Waals surface area contributed by atoms with Crippen LogP contribution >= 0.6 is 0 Å². The normalized spacial score (nSPS) is 25.8. The van der Waals surface area contributed by atoms with Crippen molar-refractivity contribution >= 4 is 22.8 Å². The maximum absolute atomic E-state index is 13.6. The first-order valence-corrected chi connectivity index (χ1v) is 12.0. The van der Waals surface area contributed by atoms with Crippen molar-refractivity contribution in [2.45, 2.75) is 44.9 Å². The number of nitrogens with zero attached hydrogens (tertiary/aromatic N) is 1. The smallest absolute Gasteiger partial charge is 0.505 e. The molecule has 6 rings (SSSR count). The van der Waals surface area contributed by atoms with E-state index in [0.717, 1.165) is 10.9 Å². The number of halogens is 2. The molecule has 192 valence electrons. The van der Waals surface area contributed by atoms with E-state index >= 15 is 0 Å². The lowest BCUT2D eigenvalue weighted by atomic mass is 9.48. The number of amides is 1. The molecule has 1 unspecified atom stereocenters. The Balaban J connectivity index is 1.32. The maximum atomic E-state index is 13.6. The summed E-state index contributed by atoms with van der Waals surface area (Å²) in [5, 5.41) is 24.1. The number of pyridine rings is 1. The van der Waals surface area contributed by atoms with Gasteiger partial charge in [0, 0.05) is 23.1 Å². The molecule has 0 saturated heterocycles. The van der Waals surface area contributed by atoms with E-state index in [1.54, 1.807) is 18.3 Å². The molecular formula is C27H24F2N2O6. The molecule has 37 heavy (non-hydrogen) atoms. The molecule has 2 fully saturated rings. The Morgan fingerprint density at radius 3 is 2.51 bits per heavy atom. The Bertz CT molecular complexity index is 1440. The highest BCUT2D eigenvalue weighted by molar-refractivity contribution is 5.89. The molecule has 0 bridgehead atoms. The lowest BCUT2D eigenvalue weighted by Gasteiger charge is -2.56. The van der Waals surface area contributed by atoms with Crippen LogP contribution in [0.3, 0.4) is 0 Å². The molecule has 3 N–H and O–H groups in total. The molecule has 2 saturated carbocycles. The van der Waals surface area contributed by atoms with Gasteiger partial charge < -0.3 is 25.0 Å². The van der Waals surface area contributed by atoms with Gasteiger partial charge in [-0.3, -0.25) is 14.6 Å². The van der Waals surface area contributed by atoms with E-state index in [9.17, 15) is 28.6 Å². The topological polar surface area (TPSA) is 118 Å². The Morgan fingerprint density at radius 1 is 1.08 bits per heavy atom. The minimum atomic E-state index is -3.79. The van der Waals surface area contributed by atoms with Crippen LogP contribution in [0.2, 0.25) is 0 Å². The van der Waals surface area contributed by atoms with Crippen LogP contribution in [-0.4, -0.2) is 33.4 Å². The van der Waals surface area contributed by atoms with Crippen LogP contribution in [0, 0.1) is 24.2 Å². The first-order chi connectivity index (χ1) is 17.5. The van der Waals surface area contributed by atoms with Crippen molar-refractivity contribution in [1.29, 1.82) is 0 Å². The summed E-state index contributed by atoms with van der Waals surface area (Å²) in [5.74, 6) is -2.14. The Hall–Kier alpha value is -3.95. The summed E-state index contributed by atoms with van der Waals surface area (Å²) in [6.45, 7) is 1.86. The zero-order valence-electron chi connectivity index (χ0n) is 19.8. The number of alkyl halides is 2. The summed E-state index contributed by atoms with van der Waals surface area (Å²) in [6, 6.07) is 8.69. The third kappa shape index (κ3) is 3.91. The molecule has 1 aliphatic heterocycles. The van der Waals surface area contributed by atoms with Gasteiger partial charge in [-0.1, -0.05) is 12.1 Å². The molecule has 0 radical (unpaired) electrons. The molecule has 2 heterocycles. The number of carbonyl (C=O) groups excluding carboxylic acids is 1. The number of nitrogens with one attached hydrogen (secondary N) is 1. The number of carbonyl (C=O) groups is 2. The number of fused-ring (bicyclic) bond motifs is 2. The quantitative estimate of drug-likeness (QED) is 0.457. The second kappa shape index (κ2) is 8.03. The van der Waals surface area contributed by atoms with Crippen molar-refractivity contribution in [3.8, 4) is 17.2 Å². The lowest BCUT2D eigenvalue weighted by Crippen LogP contribution is -2.53. The molecule has 2 aliphatic carbocycles. The number of ether oxygens (including phenoxy) is 2. The van der Waals surface area contributed by atoms with Crippen LogP contribution in [0.1, 0.15) is 48.4 Å². The summed E-state index contributed by atoms with van der Waals surface area (Å²) in [7, 11) is 0. The van der Waals surface area contributed by atoms with Gasteiger partial charge in [0.15, 0.2) is 11.5 Å². The van der Waals surface area contributed by atoms with Crippen molar-refractivity contribution < 1.29 is 38.1 Å². The lowest BCUT2D eigenvalue weighted by molar-refractivity contribution is -0.286. The molecule has 2 aromatic carbocycles. The van der Waals surface area contributed by atoms with Crippen molar-refractivity contribution in [2.75, 3.05) is 0 Å². The van der Waals surface area contributed by atoms with Crippen LogP contribution in [0.5, 0.6) is 17.2 Å². The molecule has 3 aliphatic rings. The standard InChI is InChI=1S/C27H24F2N2O6/c1-13-7-18(23(32)22-17(13)3-2-6-30-22)21(14-4-5-19-20(8-14)37-27(28,29)36-19)31-24(33)15-9-26(10-15)11-16(12-26)25(34)35/h2-8,15-16,21,32H,9-12H2,1H3,(H,31,33)(H,34,35). The minimum Gasteiger partial charge on any atom is -0.505 e. The highest BCUT2D eigenvalue weighted by atomic mass is 19.3. The van der Waals surface area contributed by atoms with E-state index in [4.69, 9.17) is 0 Å². The summed E-state index contributed by atoms with van der Waals surface area (Å²) in [5.41, 5.74) is 1.87. The molecule has 1 atom stereocenters. The number of phenols is 1. The number of carboxylic acids is 1.